The summed E-state index contributed by atoms with van der Waals surface area (Å²) in [6.45, 7) is 7.99. The maximum atomic E-state index is 3.52. The molecular formula is C15H24N2. The molecule has 0 aliphatic carbocycles. The van der Waals surface area contributed by atoms with Crippen molar-refractivity contribution in [3.05, 3.63) is 23.8 Å². The number of hydrogen-bond acceptors (Lipinski definition) is 2. The van der Waals surface area contributed by atoms with Gasteiger partial charge in [-0.15, -0.1) is 0 Å². The Kier molecular flexibility index (Phi) is 4.29. The molecule has 0 radical (unpaired) electrons. The summed E-state index contributed by atoms with van der Waals surface area (Å²) in [5.74, 6) is 0. The molecule has 2 nitrogen and oxygen atoms in total. The quantitative estimate of drug-likeness (QED) is 0.833. The molecule has 0 aromatic heterocycles. The molecule has 1 aromatic carbocycles. The molecule has 0 unspecified atom stereocenters. The van der Waals surface area contributed by atoms with Gasteiger partial charge < -0.3 is 10.2 Å². The molecule has 0 fully saturated rings. The Morgan fingerprint density at radius 2 is 1.94 bits per heavy atom. The highest BCUT2D eigenvalue weighted by molar-refractivity contribution is 5.67. The molecule has 0 spiro atoms. The molecule has 2 heteroatoms. The van der Waals surface area contributed by atoms with Crippen molar-refractivity contribution in [2.75, 3.05) is 29.9 Å². The van der Waals surface area contributed by atoms with Gasteiger partial charge in [-0.05, 0) is 43.4 Å². The summed E-state index contributed by atoms with van der Waals surface area (Å²) in [6.07, 6.45) is 4.92. The fraction of sp³-hybridized carbons (Fsp3) is 0.600. The van der Waals surface area contributed by atoms with Gasteiger partial charge in [0.05, 0.1) is 0 Å². The Hall–Kier alpha value is -1.18. The molecule has 0 atom stereocenters. The van der Waals surface area contributed by atoms with Crippen LogP contribution in [-0.4, -0.2) is 19.6 Å². The van der Waals surface area contributed by atoms with E-state index in [4.69, 9.17) is 0 Å². The summed E-state index contributed by atoms with van der Waals surface area (Å²) in [5, 5.41) is 3.52. The number of nitrogens with zero attached hydrogens (tertiary/aromatic N) is 1. The number of anilines is 2. The minimum absolute atomic E-state index is 1.12. The van der Waals surface area contributed by atoms with E-state index in [1.54, 1.807) is 0 Å². The van der Waals surface area contributed by atoms with Crippen molar-refractivity contribution in [3.63, 3.8) is 0 Å². The molecule has 0 amide bonds. The number of hydrogen-bond donors (Lipinski definition) is 1. The third-order valence-corrected chi connectivity index (χ3v) is 3.40. The molecule has 2 rings (SSSR count). The van der Waals surface area contributed by atoms with Crippen LogP contribution in [-0.2, 0) is 6.42 Å². The molecule has 0 saturated heterocycles. The van der Waals surface area contributed by atoms with Crippen LogP contribution in [0.25, 0.3) is 0 Å². The van der Waals surface area contributed by atoms with E-state index in [0.717, 1.165) is 6.54 Å². The molecule has 0 saturated carbocycles. The predicted octanol–water partition coefficient (Wildman–Crippen LogP) is 3.67. The van der Waals surface area contributed by atoms with E-state index in [0.29, 0.717) is 0 Å². The van der Waals surface area contributed by atoms with Crippen molar-refractivity contribution >= 4 is 11.4 Å². The lowest BCUT2D eigenvalue weighted by Gasteiger charge is -2.29. The Morgan fingerprint density at radius 1 is 1.18 bits per heavy atom. The molecule has 94 valence electrons. The van der Waals surface area contributed by atoms with Gasteiger partial charge in [0.25, 0.3) is 0 Å². The number of rotatable bonds is 5. The molecule has 1 heterocycles. The van der Waals surface area contributed by atoms with Crippen LogP contribution in [0.5, 0.6) is 0 Å². The molecule has 1 aliphatic rings. The van der Waals surface area contributed by atoms with Gasteiger partial charge in [-0.3, -0.25) is 0 Å². The zero-order valence-corrected chi connectivity index (χ0v) is 11.1. The standard InChI is InChI=1S/C15H24N2/c1-3-11-17(12-4-2)15-9-5-8-14-13(15)7-6-10-16-14/h5,8-9,16H,3-4,6-7,10-12H2,1-2H3. The Bertz CT molecular complexity index is 354. The van der Waals surface area contributed by atoms with E-state index in [1.165, 1.54) is 55.7 Å². The van der Waals surface area contributed by atoms with Crippen molar-refractivity contribution in [1.82, 2.24) is 0 Å². The highest BCUT2D eigenvalue weighted by Gasteiger charge is 2.15. The number of nitrogens with one attached hydrogen (secondary N) is 1. The lowest BCUT2D eigenvalue weighted by Crippen LogP contribution is -2.27. The minimum Gasteiger partial charge on any atom is -0.385 e. The number of fused-ring (bicyclic) bond motifs is 1. The van der Waals surface area contributed by atoms with Gasteiger partial charge in [0.15, 0.2) is 0 Å². The first-order chi connectivity index (χ1) is 8.36. The van der Waals surface area contributed by atoms with Crippen LogP contribution in [0.3, 0.4) is 0 Å². The monoisotopic (exact) mass is 232 g/mol. The van der Waals surface area contributed by atoms with E-state index in [-0.39, 0.29) is 0 Å². The summed E-state index contributed by atoms with van der Waals surface area (Å²) in [7, 11) is 0. The molecule has 1 aliphatic heterocycles. The molecule has 1 aromatic rings. The largest absolute Gasteiger partial charge is 0.385 e. The highest BCUT2D eigenvalue weighted by atomic mass is 15.1. The predicted molar refractivity (Wildman–Crippen MR) is 76.0 cm³/mol. The fourth-order valence-corrected chi connectivity index (χ4v) is 2.68. The lowest BCUT2D eigenvalue weighted by molar-refractivity contribution is 0.733. The summed E-state index contributed by atoms with van der Waals surface area (Å²) in [4.78, 5) is 2.55. The lowest BCUT2D eigenvalue weighted by atomic mass is 10.0. The van der Waals surface area contributed by atoms with Crippen LogP contribution >= 0.6 is 0 Å². The van der Waals surface area contributed by atoms with Crippen LogP contribution in [0.15, 0.2) is 18.2 Å². The van der Waals surface area contributed by atoms with E-state index < -0.39 is 0 Å². The average molecular weight is 232 g/mol. The third-order valence-electron chi connectivity index (χ3n) is 3.40. The van der Waals surface area contributed by atoms with Crippen LogP contribution in [0.2, 0.25) is 0 Å². The van der Waals surface area contributed by atoms with Gasteiger partial charge in [0.2, 0.25) is 0 Å². The van der Waals surface area contributed by atoms with Crippen LogP contribution in [0.1, 0.15) is 38.7 Å². The van der Waals surface area contributed by atoms with Crippen molar-refractivity contribution in [3.8, 4) is 0 Å². The maximum absolute atomic E-state index is 3.52. The van der Waals surface area contributed by atoms with Gasteiger partial charge in [-0.1, -0.05) is 19.9 Å². The normalized spacial score (nSPS) is 14.0. The Labute approximate surface area is 105 Å². The van der Waals surface area contributed by atoms with Crippen molar-refractivity contribution in [2.24, 2.45) is 0 Å². The molecule has 0 bridgehead atoms. The second-order valence-electron chi connectivity index (χ2n) is 4.82. The fourth-order valence-electron chi connectivity index (χ4n) is 2.68. The zero-order valence-electron chi connectivity index (χ0n) is 11.1. The molecular weight excluding hydrogens is 208 g/mol. The van der Waals surface area contributed by atoms with Gasteiger partial charge >= 0.3 is 0 Å². The zero-order chi connectivity index (χ0) is 12.1. The summed E-state index contributed by atoms with van der Waals surface area (Å²) in [6, 6.07) is 6.69. The second kappa shape index (κ2) is 5.95. The van der Waals surface area contributed by atoms with Crippen LogP contribution in [0.4, 0.5) is 11.4 Å². The molecule has 17 heavy (non-hydrogen) atoms. The third kappa shape index (κ3) is 2.74. The van der Waals surface area contributed by atoms with Crippen molar-refractivity contribution in [1.29, 1.82) is 0 Å². The van der Waals surface area contributed by atoms with Gasteiger partial charge in [-0.25, -0.2) is 0 Å². The first kappa shape index (κ1) is 12.3. The van der Waals surface area contributed by atoms with Gasteiger partial charge in [0, 0.05) is 31.0 Å². The maximum Gasteiger partial charge on any atom is 0.0419 e. The topological polar surface area (TPSA) is 15.3 Å². The van der Waals surface area contributed by atoms with E-state index >= 15 is 0 Å². The molecule has 1 N–H and O–H groups in total. The van der Waals surface area contributed by atoms with Crippen LogP contribution in [0, 0.1) is 0 Å². The van der Waals surface area contributed by atoms with Gasteiger partial charge in [0.1, 0.15) is 0 Å². The van der Waals surface area contributed by atoms with E-state index in [1.807, 2.05) is 0 Å². The second-order valence-corrected chi connectivity index (χ2v) is 4.82. The Morgan fingerprint density at radius 3 is 2.65 bits per heavy atom. The highest BCUT2D eigenvalue weighted by Crippen LogP contribution is 2.31. The number of benzene rings is 1. The first-order valence-corrected chi connectivity index (χ1v) is 6.97. The van der Waals surface area contributed by atoms with E-state index in [9.17, 15) is 0 Å². The smallest absolute Gasteiger partial charge is 0.0419 e. The summed E-state index contributed by atoms with van der Waals surface area (Å²) in [5.41, 5.74) is 4.34. The van der Waals surface area contributed by atoms with E-state index in [2.05, 4.69) is 42.3 Å². The average Bonchev–Trinajstić information content (AvgIpc) is 2.38. The van der Waals surface area contributed by atoms with Crippen molar-refractivity contribution < 1.29 is 0 Å². The Balaban J connectivity index is 2.28. The summed E-state index contributed by atoms with van der Waals surface area (Å²) >= 11 is 0. The first-order valence-electron chi connectivity index (χ1n) is 6.97. The SMILES string of the molecule is CCCN(CCC)c1cccc2c1CCCN2. The minimum atomic E-state index is 1.12. The van der Waals surface area contributed by atoms with Crippen molar-refractivity contribution in [2.45, 2.75) is 39.5 Å². The summed E-state index contributed by atoms with van der Waals surface area (Å²) < 4.78 is 0. The van der Waals surface area contributed by atoms with Crippen LogP contribution < -0.4 is 10.2 Å². The van der Waals surface area contributed by atoms with Gasteiger partial charge in [-0.2, -0.15) is 0 Å².